The fourth-order valence-corrected chi connectivity index (χ4v) is 5.91. The zero-order valence-corrected chi connectivity index (χ0v) is 16.8. The van der Waals surface area contributed by atoms with E-state index in [2.05, 4.69) is 70.7 Å². The lowest BCUT2D eigenvalue weighted by Crippen LogP contribution is -2.70. The fourth-order valence-electron chi connectivity index (χ4n) is 5.91. The van der Waals surface area contributed by atoms with Crippen LogP contribution in [0.15, 0.2) is 60.8 Å². The number of aromatic nitrogens is 1. The van der Waals surface area contributed by atoms with Crippen molar-refractivity contribution in [3.8, 4) is 0 Å². The van der Waals surface area contributed by atoms with E-state index in [1.165, 1.54) is 30.3 Å². The second kappa shape index (κ2) is 6.54. The summed E-state index contributed by atoms with van der Waals surface area (Å²) in [5.74, 6) is 0.724. The average Bonchev–Trinajstić information content (AvgIpc) is 2.79. The van der Waals surface area contributed by atoms with Crippen LogP contribution >= 0.6 is 0 Å². The van der Waals surface area contributed by atoms with Gasteiger partial charge in [0.25, 0.3) is 0 Å². The van der Waals surface area contributed by atoms with Crippen molar-refractivity contribution in [2.24, 2.45) is 5.92 Å². The van der Waals surface area contributed by atoms with Gasteiger partial charge >= 0.3 is 0 Å². The molecule has 1 N–H and O–H groups in total. The first-order valence-corrected chi connectivity index (χ1v) is 10.9. The lowest BCUT2D eigenvalue weighted by atomic mass is 9.66. The van der Waals surface area contributed by atoms with Crippen molar-refractivity contribution in [1.29, 1.82) is 0 Å². The van der Waals surface area contributed by atoms with Gasteiger partial charge < -0.3 is 10.1 Å². The number of benzene rings is 2. The predicted octanol–water partition coefficient (Wildman–Crippen LogP) is 5.29. The fraction of sp³-hybridized carbons (Fsp3) is 0.400. The van der Waals surface area contributed by atoms with Gasteiger partial charge in [-0.15, -0.1) is 0 Å². The molecule has 3 aromatic rings. The van der Waals surface area contributed by atoms with Gasteiger partial charge in [0.05, 0.1) is 17.2 Å². The van der Waals surface area contributed by atoms with Crippen LogP contribution in [0.25, 0.3) is 10.9 Å². The summed E-state index contributed by atoms with van der Waals surface area (Å²) in [5, 5.41) is 4.73. The van der Waals surface area contributed by atoms with Crippen molar-refractivity contribution in [3.63, 3.8) is 0 Å². The number of fused-ring (bicyclic) bond motifs is 3. The Balaban J connectivity index is 1.41. The normalized spacial score (nSPS) is 32.6. The Morgan fingerprint density at radius 1 is 1.14 bits per heavy atom. The largest absolute Gasteiger partial charge is 0.364 e. The number of ether oxygens (including phenoxy) is 1. The van der Waals surface area contributed by atoms with Crippen molar-refractivity contribution in [1.82, 2.24) is 9.88 Å². The quantitative estimate of drug-likeness (QED) is 0.662. The van der Waals surface area contributed by atoms with Crippen LogP contribution in [0.3, 0.4) is 0 Å². The van der Waals surface area contributed by atoms with Gasteiger partial charge in [0.15, 0.2) is 0 Å². The molecule has 5 aliphatic heterocycles. The van der Waals surface area contributed by atoms with Crippen molar-refractivity contribution in [3.05, 3.63) is 66.4 Å². The molecule has 29 heavy (non-hydrogen) atoms. The lowest BCUT2D eigenvalue weighted by molar-refractivity contribution is -0.274. The van der Waals surface area contributed by atoms with Crippen molar-refractivity contribution in [2.45, 2.75) is 43.9 Å². The maximum absolute atomic E-state index is 6.92. The van der Waals surface area contributed by atoms with Gasteiger partial charge in [-0.3, -0.25) is 9.88 Å². The molecule has 0 radical (unpaired) electrons. The van der Waals surface area contributed by atoms with Crippen molar-refractivity contribution < 1.29 is 4.74 Å². The van der Waals surface area contributed by atoms with Gasteiger partial charge in [0.1, 0.15) is 0 Å². The van der Waals surface area contributed by atoms with E-state index in [9.17, 15) is 0 Å². The first kappa shape index (κ1) is 17.4. The molecular weight excluding hydrogens is 358 g/mol. The number of anilines is 2. The number of pyridine rings is 1. The molecule has 0 aliphatic carbocycles. The smallest absolute Gasteiger partial charge is 0.0995 e. The van der Waals surface area contributed by atoms with E-state index in [-0.39, 0.29) is 11.7 Å². The highest BCUT2D eigenvalue weighted by molar-refractivity contribution is 5.86. The summed E-state index contributed by atoms with van der Waals surface area (Å²) < 4.78 is 6.92. The molecule has 4 bridgehead atoms. The van der Waals surface area contributed by atoms with Crippen LogP contribution in [0.5, 0.6) is 0 Å². The minimum Gasteiger partial charge on any atom is -0.364 e. The van der Waals surface area contributed by atoms with E-state index >= 15 is 0 Å². The number of para-hydroxylation sites is 1. The Bertz CT molecular complexity index is 1050. The van der Waals surface area contributed by atoms with Crippen LogP contribution < -0.4 is 5.32 Å². The molecule has 5 aliphatic rings. The lowest BCUT2D eigenvalue weighted by Gasteiger charge is -2.64. The summed E-state index contributed by atoms with van der Waals surface area (Å²) in [4.78, 5) is 7.33. The molecule has 1 aromatic heterocycles. The van der Waals surface area contributed by atoms with Crippen LogP contribution in [0, 0.1) is 5.92 Å². The SMILES string of the molecule is CC[C@]12CN3CC[C@H]1C[C@@H]3[C@H](c1ccnc3ccc(Nc4ccccc4)cc13)O2. The minimum atomic E-state index is 0.0349. The average molecular weight is 386 g/mol. The number of nitrogens with one attached hydrogen (secondary N) is 1. The van der Waals surface area contributed by atoms with E-state index in [0.717, 1.165) is 35.8 Å². The topological polar surface area (TPSA) is 37.4 Å². The summed E-state index contributed by atoms with van der Waals surface area (Å²) in [6, 6.07) is 19.5. The first-order chi connectivity index (χ1) is 14.3. The van der Waals surface area contributed by atoms with E-state index < -0.39 is 0 Å². The van der Waals surface area contributed by atoms with Gasteiger partial charge in [0.2, 0.25) is 0 Å². The second-order valence-electron chi connectivity index (χ2n) is 8.84. The predicted molar refractivity (Wildman–Crippen MR) is 116 cm³/mol. The van der Waals surface area contributed by atoms with Crippen LogP contribution in [0.2, 0.25) is 0 Å². The van der Waals surface area contributed by atoms with E-state index in [0.29, 0.717) is 6.04 Å². The zero-order valence-electron chi connectivity index (χ0n) is 16.8. The second-order valence-corrected chi connectivity index (χ2v) is 8.84. The molecule has 0 saturated carbocycles. The summed E-state index contributed by atoms with van der Waals surface area (Å²) in [7, 11) is 0. The highest BCUT2D eigenvalue weighted by atomic mass is 16.5. The van der Waals surface area contributed by atoms with E-state index in [1.807, 2.05) is 12.3 Å². The minimum absolute atomic E-state index is 0.0349. The molecule has 0 amide bonds. The highest BCUT2D eigenvalue weighted by Gasteiger charge is 2.58. The summed E-state index contributed by atoms with van der Waals surface area (Å²) in [6.07, 6.45) is 5.74. The number of morpholine rings is 1. The molecule has 1 unspecified atom stereocenters. The molecule has 148 valence electrons. The molecule has 4 nitrogen and oxygen atoms in total. The van der Waals surface area contributed by atoms with Crippen LogP contribution in [0.1, 0.15) is 37.9 Å². The van der Waals surface area contributed by atoms with Gasteiger partial charge in [-0.1, -0.05) is 25.1 Å². The Kier molecular flexibility index (Phi) is 3.93. The maximum Gasteiger partial charge on any atom is 0.0995 e. The number of hydrogen-bond acceptors (Lipinski definition) is 4. The molecule has 0 spiro atoms. The third kappa shape index (κ3) is 2.70. The monoisotopic (exact) mass is 385 g/mol. The third-order valence-corrected chi connectivity index (χ3v) is 7.43. The Morgan fingerprint density at radius 3 is 2.83 bits per heavy atom. The van der Waals surface area contributed by atoms with Gasteiger partial charge in [-0.2, -0.15) is 0 Å². The molecule has 5 fully saturated rings. The van der Waals surface area contributed by atoms with Crippen molar-refractivity contribution in [2.75, 3.05) is 18.4 Å². The first-order valence-electron chi connectivity index (χ1n) is 10.9. The van der Waals surface area contributed by atoms with Gasteiger partial charge in [-0.05, 0) is 73.7 Å². The standard InChI is InChI=1S/C25H27N3O/c1-2-25-16-28-13-11-17(25)14-23(28)24(29-25)20-10-12-26-22-9-8-19(15-21(20)22)27-18-6-4-3-5-7-18/h3-10,12,15,17,23-24,27H,2,11,13-14,16H2,1H3/t17-,23+,24-,25-/m0/s1. The van der Waals surface area contributed by atoms with Crippen LogP contribution in [-0.2, 0) is 4.74 Å². The van der Waals surface area contributed by atoms with Gasteiger partial charge in [-0.25, -0.2) is 0 Å². The number of nitrogens with zero attached hydrogens (tertiary/aromatic N) is 2. The van der Waals surface area contributed by atoms with Crippen LogP contribution in [0.4, 0.5) is 11.4 Å². The number of piperidine rings is 3. The number of rotatable bonds is 4. The Hall–Kier alpha value is -2.43. The maximum atomic E-state index is 6.92. The molecule has 5 saturated heterocycles. The molecule has 4 heteroatoms. The van der Waals surface area contributed by atoms with Crippen molar-refractivity contribution >= 4 is 22.3 Å². The molecular formula is C25H27N3O. The van der Waals surface area contributed by atoms with Gasteiger partial charge in [0, 0.05) is 35.5 Å². The summed E-state index contributed by atoms with van der Waals surface area (Å²) >= 11 is 0. The molecule has 8 rings (SSSR count). The zero-order chi connectivity index (χ0) is 19.4. The summed E-state index contributed by atoms with van der Waals surface area (Å²) in [5.41, 5.74) is 4.55. The molecule has 2 aromatic carbocycles. The van der Waals surface area contributed by atoms with Crippen LogP contribution in [-0.4, -0.2) is 34.6 Å². The molecule has 6 heterocycles. The van der Waals surface area contributed by atoms with E-state index in [4.69, 9.17) is 4.74 Å². The van der Waals surface area contributed by atoms with E-state index in [1.54, 1.807) is 0 Å². The Morgan fingerprint density at radius 2 is 2.03 bits per heavy atom. The molecule has 5 atom stereocenters. The highest BCUT2D eigenvalue weighted by Crippen LogP contribution is 2.54. The summed E-state index contributed by atoms with van der Waals surface area (Å²) in [6.45, 7) is 4.63. The Labute approximate surface area is 171 Å². The third-order valence-electron chi connectivity index (χ3n) is 7.43. The number of hydrogen-bond donors (Lipinski definition) is 1.